The van der Waals surface area contributed by atoms with E-state index >= 15 is 0 Å². The molecular formula is C95H125BrClN16O22PY. The van der Waals surface area contributed by atoms with Crippen LogP contribution in [-0.4, -0.2) is 237 Å². The van der Waals surface area contributed by atoms with Crippen LogP contribution in [0, 0.1) is 24.2 Å². The molecule has 9 atom stereocenters. The van der Waals surface area contributed by atoms with Crippen molar-refractivity contribution in [3.63, 3.8) is 0 Å². The molecule has 4 aromatic carbocycles. The van der Waals surface area contributed by atoms with Gasteiger partial charge < -0.3 is 53.2 Å². The molecule has 11 amide bonds. The Bertz CT molecular complexity index is 6180. The molecule has 8 fully saturated rings. The number of amides is 11. The SMILES string of the molecule is C#CCO[C@H]1CCN(C(=O)OC(C)(C)C)C1.Cl.Cn1c(=O)n(C2CCC(=O)NC2=O)c2cccc(Br)c21.Cn1c(=O)n(C2CCC(=O)NC2=O)c2cccc(C#CCO[C@H]3CCN(C(=O)OC(C)(C)C)C3)c21.Cn1c(=O)n(C2CCC(=O)NC2=O)c2cccc(CCCO[C@H]3CCN(C(=O)OC(C)(C)C)C3)c21.Cn1c(=O)n(C2CCC(=O)NC2=O)c2cccc(CCCO[C@H]3CCNC3)c21.P.[Y]. The Labute approximate surface area is 836 Å². The second-order valence-corrected chi connectivity index (χ2v) is 38.1. The number of nitrogens with one attached hydrogen (secondary N) is 5. The fourth-order valence-corrected chi connectivity index (χ4v) is 18.2. The molecule has 0 spiro atoms. The first-order chi connectivity index (χ1) is 63.6. The molecule has 5 unspecified atom stereocenters. The maximum absolute atomic E-state index is 13.0. The van der Waals surface area contributed by atoms with E-state index in [1.54, 1.807) is 70.2 Å². The van der Waals surface area contributed by atoms with Gasteiger partial charge in [-0.05, 0) is 209 Å². The normalized spacial score (nSPS) is 20.5. The van der Waals surface area contributed by atoms with E-state index in [-0.39, 0.29) is 177 Å². The zero-order valence-electron chi connectivity index (χ0n) is 79.9. The van der Waals surface area contributed by atoms with E-state index in [1.165, 1.54) is 27.4 Å². The van der Waals surface area contributed by atoms with Crippen molar-refractivity contribution in [2.75, 3.05) is 78.8 Å². The third-order valence-corrected chi connectivity index (χ3v) is 24.6. The number of carbonyl (C=O) groups is 11. The average molecular weight is 2080 g/mol. The Morgan fingerprint density at radius 2 is 0.745 bits per heavy atom. The molecule has 0 saturated carbocycles. The van der Waals surface area contributed by atoms with Crippen LogP contribution in [0.15, 0.2) is 96.4 Å². The van der Waals surface area contributed by atoms with Crippen LogP contribution < -0.4 is 49.3 Å². The number of nitrogens with zero attached hydrogens (tertiary/aromatic N) is 11. The van der Waals surface area contributed by atoms with Crippen molar-refractivity contribution in [1.29, 1.82) is 0 Å². The van der Waals surface area contributed by atoms with Gasteiger partial charge in [0.2, 0.25) is 47.3 Å². The minimum absolute atomic E-state index is 0. The van der Waals surface area contributed by atoms with Crippen molar-refractivity contribution in [3.8, 4) is 24.2 Å². The number of aromatic nitrogens is 8. The summed E-state index contributed by atoms with van der Waals surface area (Å²) in [5.74, 6) is 5.53. The van der Waals surface area contributed by atoms with Crippen molar-refractivity contribution >= 4 is 148 Å². The molecule has 42 heteroatoms. The van der Waals surface area contributed by atoms with E-state index in [1.807, 2.05) is 117 Å². The smallest absolute Gasteiger partial charge is 0.410 e. The van der Waals surface area contributed by atoms with Crippen LogP contribution in [0.4, 0.5) is 14.4 Å². The molecule has 8 aliphatic rings. The van der Waals surface area contributed by atoms with Gasteiger partial charge in [0.1, 0.15) is 54.2 Å². The first-order valence-electron chi connectivity index (χ1n) is 45.4. The Kier molecular flexibility index (Phi) is 38.9. The quantitative estimate of drug-likeness (QED) is 0.0180. The molecular weight excluding hydrogens is 1950 g/mol. The standard InChI is InChI=1S/C25H34N4O6.C25H30N4O6.C20H26N4O4.C13H12BrN3O3.C12H19NO3.ClH.H3P.Y/c2*1-25(2,3)35-24(33)28-13-12-17(15-28)34-14-6-8-16-7-5-9-18-21(16)27(4)23(32)29(18)19-10-11-20(30)26-22(19)31;1-23-18-13(5-3-11-28-14-9-10-21-12-14)4-2-6-15(18)24(20(23)27)16-7-8-17(25)22-19(16)26;1-16-11-7(14)3-2-4-8(11)17(13(16)20)9-5-6-10(18)15-12(9)19;1-5-8-15-10-6-7-13(9-10)11(14)16-12(2,3)4;;;/h5,7,9,17,19H,6,8,10-15H2,1-4H3,(H,26,30,31);5,7,9,17,19H,10-15H2,1-4H3,(H,26,30,31);2,4,6,14,16,21H,3,5,7-12H2,1H3,(H,22,25,26);2-4,9H,5-6H2,1H3,(H,15,18,19);1,10H,6-9H2,2-4H3;1H;1H3;/t2*17-,19?;14-,16?;;10-;;;/m000.0.../s1. The van der Waals surface area contributed by atoms with Crippen LogP contribution in [0.1, 0.15) is 193 Å². The zero-order chi connectivity index (χ0) is 96.9. The molecule has 739 valence electrons. The number of halogens is 2. The number of imide groups is 4. The third-order valence-electron chi connectivity index (χ3n) is 23.9. The number of piperidine rings is 4. The summed E-state index contributed by atoms with van der Waals surface area (Å²) in [6.45, 7) is 23.6. The largest absolute Gasteiger partial charge is 0.444 e. The fourth-order valence-electron chi connectivity index (χ4n) is 17.6. The Hall–Kier alpha value is -10.4. The summed E-state index contributed by atoms with van der Waals surface area (Å²) in [5.41, 5.74) is 5.77. The van der Waals surface area contributed by atoms with Crippen LogP contribution in [0.25, 0.3) is 44.1 Å². The van der Waals surface area contributed by atoms with Crippen molar-refractivity contribution in [1.82, 2.24) is 77.8 Å². The second-order valence-electron chi connectivity index (χ2n) is 37.3. The number of aryl methyl sites for hydroxylation is 6. The van der Waals surface area contributed by atoms with Crippen molar-refractivity contribution < 1.29 is 119 Å². The monoisotopic (exact) mass is 2080 g/mol. The Morgan fingerprint density at radius 3 is 1.09 bits per heavy atom. The predicted molar refractivity (Wildman–Crippen MR) is 517 cm³/mol. The number of likely N-dealkylation sites (tertiary alicyclic amines) is 3. The van der Waals surface area contributed by atoms with Gasteiger partial charge in [-0.3, -0.25) is 96.2 Å². The number of hydrogen-bond donors (Lipinski definition) is 5. The van der Waals surface area contributed by atoms with Gasteiger partial charge >= 0.3 is 41.0 Å². The number of benzene rings is 4. The van der Waals surface area contributed by atoms with Gasteiger partial charge in [0.15, 0.2) is 0 Å². The molecule has 0 bridgehead atoms. The number of hydrogen-bond acceptors (Lipinski definition) is 23. The first-order valence-corrected chi connectivity index (χ1v) is 46.2. The fraction of sp³-hybridized carbons (Fsp3) is 0.547. The first kappa shape index (κ1) is 110. The van der Waals surface area contributed by atoms with E-state index in [9.17, 15) is 71.9 Å². The number of imidazole rings is 4. The molecule has 5 N–H and O–H groups in total. The molecule has 0 aliphatic carbocycles. The molecule has 16 rings (SSSR count). The number of ether oxygens (including phenoxy) is 7. The van der Waals surface area contributed by atoms with Gasteiger partial charge in [-0.2, -0.15) is 9.90 Å². The van der Waals surface area contributed by atoms with Gasteiger partial charge in [-0.25, -0.2) is 33.6 Å². The zero-order valence-corrected chi connectivity index (χ0v) is 86.5. The maximum Gasteiger partial charge on any atom is 0.410 e. The second kappa shape index (κ2) is 48.4. The number of terminal acetylenes is 1. The van der Waals surface area contributed by atoms with Crippen LogP contribution in [0.3, 0.4) is 0 Å². The number of fused-ring (bicyclic) bond motifs is 4. The summed E-state index contributed by atoms with van der Waals surface area (Å²) >= 11 is 3.42. The van der Waals surface area contributed by atoms with Gasteiger partial charge in [0.05, 0.1) is 93.7 Å². The van der Waals surface area contributed by atoms with Crippen LogP contribution in [0.2, 0.25) is 0 Å². The van der Waals surface area contributed by atoms with Crippen LogP contribution >= 0.6 is 38.2 Å². The van der Waals surface area contributed by atoms with E-state index in [0.29, 0.717) is 125 Å². The molecule has 12 heterocycles. The summed E-state index contributed by atoms with van der Waals surface area (Å²) < 4.78 is 52.1. The Morgan fingerprint density at radius 1 is 0.423 bits per heavy atom. The molecule has 8 aromatic rings. The molecule has 4 aromatic heterocycles. The van der Waals surface area contributed by atoms with Crippen LogP contribution in [-0.2, 0) is 145 Å². The molecule has 137 heavy (non-hydrogen) atoms. The Balaban J connectivity index is 0.000000196. The number of para-hydroxylation sites is 4. The minimum Gasteiger partial charge on any atom is -0.444 e. The summed E-state index contributed by atoms with van der Waals surface area (Å²) in [6.07, 6.45) is 13.0. The molecule has 8 saturated heterocycles. The number of rotatable bonds is 18. The van der Waals surface area contributed by atoms with E-state index in [4.69, 9.17) is 39.6 Å². The van der Waals surface area contributed by atoms with Gasteiger partial charge in [0, 0.05) is 130 Å². The summed E-state index contributed by atoms with van der Waals surface area (Å²) in [7, 11) is 6.74. The molecule has 38 nitrogen and oxygen atoms in total. The van der Waals surface area contributed by atoms with Gasteiger partial charge in [-0.1, -0.05) is 54.2 Å². The maximum atomic E-state index is 13.0. The summed E-state index contributed by atoms with van der Waals surface area (Å²) in [4.78, 5) is 187. The van der Waals surface area contributed by atoms with E-state index in [2.05, 4.69) is 60.3 Å². The van der Waals surface area contributed by atoms with Gasteiger partial charge in [-0.15, -0.1) is 18.8 Å². The predicted octanol–water partition coefficient (Wildman–Crippen LogP) is 7.80. The molecule has 8 aliphatic heterocycles. The third kappa shape index (κ3) is 27.6. The summed E-state index contributed by atoms with van der Waals surface area (Å²) in [6, 6.07) is 19.6. The van der Waals surface area contributed by atoms with Gasteiger partial charge in [0.25, 0.3) is 0 Å². The minimum atomic E-state index is -0.745. The van der Waals surface area contributed by atoms with Crippen LogP contribution in [0.5, 0.6) is 0 Å². The number of carbonyl (C=O) groups excluding carboxylic acids is 11. The topological polar surface area (TPSA) is 430 Å². The van der Waals surface area contributed by atoms with Crippen molar-refractivity contribution in [2.24, 2.45) is 28.2 Å². The van der Waals surface area contributed by atoms with Crippen molar-refractivity contribution in [2.45, 2.75) is 230 Å². The van der Waals surface area contributed by atoms with E-state index < -0.39 is 64.6 Å². The summed E-state index contributed by atoms with van der Waals surface area (Å²) in [5, 5.41) is 12.6. The average Bonchev–Trinajstić information content (AvgIpc) is 1.62. The molecule has 1 radical (unpaired) electrons. The van der Waals surface area contributed by atoms with E-state index in [0.717, 1.165) is 89.3 Å². The van der Waals surface area contributed by atoms with Crippen molar-refractivity contribution in [3.05, 3.63) is 136 Å².